The first-order valence-electron chi connectivity index (χ1n) is 4.39. The van der Waals surface area contributed by atoms with Crippen molar-refractivity contribution in [3.05, 3.63) is 24.3 Å². The van der Waals surface area contributed by atoms with Crippen LogP contribution >= 0.6 is 22.6 Å². The Hall–Kier alpha value is 0.210. The average molecular weight is 276 g/mol. The molecule has 12 heavy (non-hydrogen) atoms. The molecule has 1 heteroatoms. The molecule has 0 unspecified atom stereocenters. The number of rotatable bonds is 0. The Morgan fingerprint density at radius 3 is 1.92 bits per heavy atom. The van der Waals surface area contributed by atoms with Crippen LogP contribution in [0.25, 0.3) is 0 Å². The van der Waals surface area contributed by atoms with Crippen LogP contribution in [-0.2, 0) is 0 Å². The van der Waals surface area contributed by atoms with Crippen molar-refractivity contribution in [2.45, 2.75) is 31.1 Å². The van der Waals surface area contributed by atoms with E-state index in [1.54, 1.807) is 0 Å². The third kappa shape index (κ3) is 2.61. The highest BCUT2D eigenvalue weighted by Crippen LogP contribution is 2.35. The van der Waals surface area contributed by atoms with E-state index in [0.717, 1.165) is 0 Å². The molecule has 0 fully saturated rings. The van der Waals surface area contributed by atoms with Gasteiger partial charge in [0.25, 0.3) is 0 Å². The van der Waals surface area contributed by atoms with Gasteiger partial charge >= 0.3 is 0 Å². The molecule has 0 bridgehead atoms. The highest BCUT2D eigenvalue weighted by Gasteiger charge is 2.24. The van der Waals surface area contributed by atoms with E-state index in [0.29, 0.717) is 11.3 Å². The zero-order valence-corrected chi connectivity index (χ0v) is 10.4. The average Bonchev–Trinajstić information content (AvgIpc) is 1.83. The minimum atomic E-state index is 0.236. The molecule has 68 valence electrons. The van der Waals surface area contributed by atoms with E-state index in [2.05, 4.69) is 74.6 Å². The van der Waals surface area contributed by atoms with Gasteiger partial charge in [-0.15, -0.1) is 0 Å². The van der Waals surface area contributed by atoms with Crippen molar-refractivity contribution < 1.29 is 0 Å². The number of allylic oxidation sites excluding steroid dienone is 4. The highest BCUT2D eigenvalue weighted by molar-refractivity contribution is 14.1. The van der Waals surface area contributed by atoms with Crippen LogP contribution in [0.15, 0.2) is 24.3 Å². The van der Waals surface area contributed by atoms with Crippen molar-refractivity contribution in [2.75, 3.05) is 0 Å². The van der Waals surface area contributed by atoms with Crippen LogP contribution in [0.4, 0.5) is 0 Å². The molecule has 0 aromatic heterocycles. The minimum absolute atomic E-state index is 0.236. The second-order valence-electron chi connectivity index (χ2n) is 4.76. The highest BCUT2D eigenvalue weighted by atomic mass is 127. The molecule has 0 aliphatic heterocycles. The van der Waals surface area contributed by atoms with Crippen molar-refractivity contribution in [3.8, 4) is 0 Å². The van der Waals surface area contributed by atoms with Gasteiger partial charge in [0.05, 0.1) is 3.42 Å². The lowest BCUT2D eigenvalue weighted by Crippen LogP contribution is -2.21. The Morgan fingerprint density at radius 1 is 1.17 bits per heavy atom. The zero-order valence-electron chi connectivity index (χ0n) is 8.26. The SMILES string of the molecule is CC1(I)C=CC(C(C)(C)C)C=C1. The Kier molecular flexibility index (Phi) is 2.72. The van der Waals surface area contributed by atoms with E-state index in [-0.39, 0.29) is 3.42 Å². The first-order chi connectivity index (χ1) is 5.31. The summed E-state index contributed by atoms with van der Waals surface area (Å²) in [5.74, 6) is 0.598. The van der Waals surface area contributed by atoms with E-state index in [1.807, 2.05) is 0 Å². The molecule has 1 aliphatic rings. The number of halogens is 1. The molecule has 0 N–H and O–H groups in total. The number of hydrogen-bond acceptors (Lipinski definition) is 0. The van der Waals surface area contributed by atoms with Gasteiger partial charge in [-0.2, -0.15) is 0 Å². The lowest BCUT2D eigenvalue weighted by atomic mass is 9.78. The van der Waals surface area contributed by atoms with Crippen LogP contribution < -0.4 is 0 Å². The maximum Gasteiger partial charge on any atom is 0.0552 e. The third-order valence-corrected chi connectivity index (χ3v) is 2.98. The largest absolute Gasteiger partial charge is 0.0795 e. The van der Waals surface area contributed by atoms with E-state index < -0.39 is 0 Å². The smallest absolute Gasteiger partial charge is 0.0552 e. The first-order valence-corrected chi connectivity index (χ1v) is 5.47. The number of hydrogen-bond donors (Lipinski definition) is 0. The van der Waals surface area contributed by atoms with Gasteiger partial charge in [-0.25, -0.2) is 0 Å². The monoisotopic (exact) mass is 276 g/mol. The van der Waals surface area contributed by atoms with E-state index in [1.165, 1.54) is 0 Å². The fourth-order valence-electron chi connectivity index (χ4n) is 1.28. The lowest BCUT2D eigenvalue weighted by Gasteiger charge is -2.30. The van der Waals surface area contributed by atoms with Gasteiger partial charge in [0.2, 0.25) is 0 Å². The summed E-state index contributed by atoms with van der Waals surface area (Å²) in [7, 11) is 0. The molecule has 0 saturated carbocycles. The van der Waals surface area contributed by atoms with Crippen molar-refractivity contribution >= 4 is 22.6 Å². The summed E-state index contributed by atoms with van der Waals surface area (Å²) in [5, 5.41) is 0. The molecule has 0 saturated heterocycles. The van der Waals surface area contributed by atoms with Gasteiger partial charge in [-0.1, -0.05) is 67.7 Å². The summed E-state index contributed by atoms with van der Waals surface area (Å²) in [5.41, 5.74) is 0.361. The maximum absolute atomic E-state index is 2.46. The third-order valence-electron chi connectivity index (χ3n) is 2.26. The molecule has 0 radical (unpaired) electrons. The Bertz CT molecular complexity index is 200. The Labute approximate surface area is 89.3 Å². The molecule has 0 aromatic rings. The van der Waals surface area contributed by atoms with E-state index >= 15 is 0 Å². The second-order valence-corrected chi connectivity index (χ2v) is 7.09. The minimum Gasteiger partial charge on any atom is -0.0795 e. The van der Waals surface area contributed by atoms with Gasteiger partial charge in [0, 0.05) is 0 Å². The van der Waals surface area contributed by atoms with Crippen molar-refractivity contribution in [3.63, 3.8) is 0 Å². The quantitative estimate of drug-likeness (QED) is 0.357. The van der Waals surface area contributed by atoms with Crippen LogP contribution in [0, 0.1) is 11.3 Å². The van der Waals surface area contributed by atoms with Crippen LogP contribution in [0.3, 0.4) is 0 Å². The summed E-state index contributed by atoms with van der Waals surface area (Å²) in [6.07, 6.45) is 9.24. The van der Waals surface area contributed by atoms with Crippen LogP contribution in [0.5, 0.6) is 0 Å². The molecule has 0 atom stereocenters. The molecular formula is C11H17I. The standard InChI is InChI=1S/C11H17I/c1-10(2,3)9-5-7-11(4,12)8-6-9/h5-9H,1-4H3. The first kappa shape index (κ1) is 10.3. The van der Waals surface area contributed by atoms with E-state index in [4.69, 9.17) is 0 Å². The molecule has 0 amide bonds. The van der Waals surface area contributed by atoms with Gasteiger partial charge in [-0.3, -0.25) is 0 Å². The van der Waals surface area contributed by atoms with Crippen molar-refractivity contribution in [2.24, 2.45) is 11.3 Å². The molecular weight excluding hydrogens is 259 g/mol. The Morgan fingerprint density at radius 2 is 1.58 bits per heavy atom. The van der Waals surface area contributed by atoms with Gasteiger partial charge in [0.1, 0.15) is 0 Å². The molecule has 0 heterocycles. The lowest BCUT2D eigenvalue weighted by molar-refractivity contribution is 0.340. The second kappa shape index (κ2) is 3.17. The predicted molar refractivity (Wildman–Crippen MR) is 63.7 cm³/mol. The van der Waals surface area contributed by atoms with E-state index in [9.17, 15) is 0 Å². The molecule has 0 aromatic carbocycles. The summed E-state index contributed by atoms with van der Waals surface area (Å²) in [4.78, 5) is 0. The molecule has 1 aliphatic carbocycles. The predicted octanol–water partition coefficient (Wildman–Crippen LogP) is 3.97. The summed E-state index contributed by atoms with van der Waals surface area (Å²) < 4.78 is 0.236. The maximum atomic E-state index is 2.46. The summed E-state index contributed by atoms with van der Waals surface area (Å²) in [6.45, 7) is 9.06. The summed E-state index contributed by atoms with van der Waals surface area (Å²) in [6, 6.07) is 0. The number of alkyl halides is 1. The van der Waals surface area contributed by atoms with Gasteiger partial charge in [0.15, 0.2) is 0 Å². The van der Waals surface area contributed by atoms with Gasteiger partial charge in [-0.05, 0) is 18.3 Å². The Balaban J connectivity index is 2.75. The van der Waals surface area contributed by atoms with Crippen LogP contribution in [0.2, 0.25) is 0 Å². The topological polar surface area (TPSA) is 0 Å². The van der Waals surface area contributed by atoms with Crippen molar-refractivity contribution in [1.29, 1.82) is 0 Å². The van der Waals surface area contributed by atoms with Crippen molar-refractivity contribution in [1.82, 2.24) is 0 Å². The fourth-order valence-corrected chi connectivity index (χ4v) is 1.70. The van der Waals surface area contributed by atoms with Crippen LogP contribution in [-0.4, -0.2) is 3.42 Å². The zero-order chi connectivity index (χ0) is 9.41. The van der Waals surface area contributed by atoms with Crippen LogP contribution in [0.1, 0.15) is 27.7 Å². The van der Waals surface area contributed by atoms with Gasteiger partial charge < -0.3 is 0 Å². The fraction of sp³-hybridized carbons (Fsp3) is 0.636. The molecule has 1 rings (SSSR count). The summed E-state index contributed by atoms with van der Waals surface area (Å²) >= 11 is 2.46. The molecule has 0 nitrogen and oxygen atoms in total. The molecule has 0 spiro atoms. The normalized spacial score (nSPS) is 35.6.